The molecule has 6 heteroatoms. The van der Waals surface area contributed by atoms with Gasteiger partial charge in [0, 0.05) is 23.9 Å². The van der Waals surface area contributed by atoms with E-state index in [4.69, 9.17) is 4.74 Å². The van der Waals surface area contributed by atoms with Crippen molar-refractivity contribution >= 4 is 21.7 Å². The zero-order valence-corrected chi connectivity index (χ0v) is 13.2. The van der Waals surface area contributed by atoms with Crippen LogP contribution in [-0.4, -0.2) is 28.7 Å². The molecule has 0 saturated carbocycles. The molecule has 20 heavy (non-hydrogen) atoms. The maximum absolute atomic E-state index is 9.84. The van der Waals surface area contributed by atoms with Crippen LogP contribution < -0.4 is 10.1 Å². The van der Waals surface area contributed by atoms with E-state index in [0.717, 1.165) is 23.6 Å². The van der Waals surface area contributed by atoms with Crippen LogP contribution in [0, 0.1) is 6.92 Å². The summed E-state index contributed by atoms with van der Waals surface area (Å²) in [7, 11) is 1.51. The maximum Gasteiger partial charge on any atom is 0.172 e. The number of methoxy groups -OCH3 is 1. The number of halogens is 1. The molecule has 1 heterocycles. The van der Waals surface area contributed by atoms with Crippen LogP contribution >= 0.6 is 15.9 Å². The second kappa shape index (κ2) is 6.09. The first-order valence-corrected chi connectivity index (χ1v) is 7.01. The van der Waals surface area contributed by atoms with Crippen molar-refractivity contribution in [3.63, 3.8) is 0 Å². The normalized spacial score (nSPS) is 10.4. The summed E-state index contributed by atoms with van der Waals surface area (Å²) in [4.78, 5) is 8.88. The molecular weight excluding hydrogens is 322 g/mol. The van der Waals surface area contributed by atoms with Gasteiger partial charge in [-0.2, -0.15) is 0 Å². The van der Waals surface area contributed by atoms with Gasteiger partial charge >= 0.3 is 0 Å². The van der Waals surface area contributed by atoms with Crippen molar-refractivity contribution in [3.05, 3.63) is 28.4 Å². The lowest BCUT2D eigenvalue weighted by Gasteiger charge is -2.10. The molecule has 106 valence electrons. The zero-order valence-electron chi connectivity index (χ0n) is 11.6. The lowest BCUT2D eigenvalue weighted by atomic mass is 10.2. The molecule has 0 unspecified atom stereocenters. The molecule has 1 aromatic carbocycles. The van der Waals surface area contributed by atoms with Crippen LogP contribution in [0.2, 0.25) is 0 Å². The fourth-order valence-corrected chi connectivity index (χ4v) is 2.27. The molecule has 0 saturated heterocycles. The second-order valence-corrected chi connectivity index (χ2v) is 5.11. The van der Waals surface area contributed by atoms with Gasteiger partial charge in [-0.25, -0.2) is 9.97 Å². The lowest BCUT2D eigenvalue weighted by molar-refractivity contribution is 0.372. The molecule has 0 fully saturated rings. The van der Waals surface area contributed by atoms with E-state index in [2.05, 4.69) is 31.2 Å². The zero-order chi connectivity index (χ0) is 14.7. The first kappa shape index (κ1) is 14.6. The minimum Gasteiger partial charge on any atom is -0.503 e. The molecular formula is C14H16BrN3O2. The Hall–Kier alpha value is -1.82. The number of nitrogens with zero attached hydrogens (tertiary/aromatic N) is 2. The van der Waals surface area contributed by atoms with Gasteiger partial charge in [-0.3, -0.25) is 0 Å². The summed E-state index contributed by atoms with van der Waals surface area (Å²) < 4.78 is 5.69. The highest BCUT2D eigenvalue weighted by Gasteiger charge is 2.12. The van der Waals surface area contributed by atoms with E-state index in [1.54, 1.807) is 12.1 Å². The number of benzene rings is 1. The van der Waals surface area contributed by atoms with Crippen LogP contribution in [0.3, 0.4) is 0 Å². The Morgan fingerprint density at radius 1 is 1.30 bits per heavy atom. The van der Waals surface area contributed by atoms with E-state index in [0.29, 0.717) is 16.0 Å². The van der Waals surface area contributed by atoms with E-state index in [1.165, 1.54) is 7.11 Å². The number of ether oxygens (including phenoxy) is 1. The number of aryl methyl sites for hydroxylation is 1. The van der Waals surface area contributed by atoms with Crippen molar-refractivity contribution in [1.29, 1.82) is 0 Å². The number of phenols is 1. The fourth-order valence-electron chi connectivity index (χ4n) is 1.83. The number of phenolic OH excluding ortho intramolecular Hbond substituents is 1. The highest BCUT2D eigenvalue weighted by molar-refractivity contribution is 9.10. The first-order valence-electron chi connectivity index (χ1n) is 6.21. The third-order valence-electron chi connectivity index (χ3n) is 2.72. The minimum absolute atomic E-state index is 0.0656. The molecule has 5 nitrogen and oxygen atoms in total. The largest absolute Gasteiger partial charge is 0.503 e. The third-order valence-corrected chi connectivity index (χ3v) is 3.32. The lowest BCUT2D eigenvalue weighted by Crippen LogP contribution is -2.02. The molecule has 0 amide bonds. The van der Waals surface area contributed by atoms with Crippen molar-refractivity contribution in [2.45, 2.75) is 13.8 Å². The number of nitrogens with one attached hydrogen (secondary N) is 1. The number of hydrogen-bond acceptors (Lipinski definition) is 5. The Bertz CT molecular complexity index is 632. The van der Waals surface area contributed by atoms with Crippen molar-refractivity contribution in [1.82, 2.24) is 9.97 Å². The van der Waals surface area contributed by atoms with E-state index in [9.17, 15) is 5.11 Å². The molecule has 0 atom stereocenters. The van der Waals surface area contributed by atoms with Crippen molar-refractivity contribution < 1.29 is 9.84 Å². The van der Waals surface area contributed by atoms with E-state index in [-0.39, 0.29) is 5.75 Å². The summed E-state index contributed by atoms with van der Waals surface area (Å²) in [6.07, 6.45) is 0. The Balaban J connectivity index is 2.53. The topological polar surface area (TPSA) is 67.3 Å². The molecule has 0 aliphatic carbocycles. The molecule has 2 aromatic rings. The van der Waals surface area contributed by atoms with Crippen molar-refractivity contribution in [2.24, 2.45) is 0 Å². The molecule has 0 spiro atoms. The van der Waals surface area contributed by atoms with E-state index < -0.39 is 0 Å². The summed E-state index contributed by atoms with van der Waals surface area (Å²) in [5.74, 6) is 1.80. The van der Waals surface area contributed by atoms with Crippen LogP contribution in [0.5, 0.6) is 11.5 Å². The van der Waals surface area contributed by atoms with Crippen LogP contribution in [-0.2, 0) is 0 Å². The molecule has 2 rings (SSSR count). The van der Waals surface area contributed by atoms with Gasteiger partial charge in [-0.1, -0.05) is 0 Å². The fraction of sp³-hybridized carbons (Fsp3) is 0.286. The maximum atomic E-state index is 9.84. The first-order chi connectivity index (χ1) is 9.55. The molecule has 0 aliphatic heterocycles. The number of aromatic nitrogens is 2. The van der Waals surface area contributed by atoms with Gasteiger partial charge < -0.3 is 15.2 Å². The monoisotopic (exact) mass is 337 g/mol. The van der Waals surface area contributed by atoms with Crippen LogP contribution in [0.25, 0.3) is 11.4 Å². The average molecular weight is 338 g/mol. The standard InChI is InChI=1S/C14H16BrN3O2/c1-4-16-12-5-8(2)17-14(18-12)9-6-10(15)13(19)11(7-9)20-3/h5-7,19H,4H2,1-3H3,(H,16,17,18). The summed E-state index contributed by atoms with van der Waals surface area (Å²) >= 11 is 3.30. The average Bonchev–Trinajstić information content (AvgIpc) is 2.41. The number of aromatic hydroxyl groups is 1. The van der Waals surface area contributed by atoms with Gasteiger partial charge in [0.05, 0.1) is 11.6 Å². The highest BCUT2D eigenvalue weighted by Crippen LogP contribution is 2.37. The van der Waals surface area contributed by atoms with Crippen molar-refractivity contribution in [2.75, 3.05) is 19.0 Å². The highest BCUT2D eigenvalue weighted by atomic mass is 79.9. The quantitative estimate of drug-likeness (QED) is 0.895. The number of rotatable bonds is 4. The number of hydrogen-bond donors (Lipinski definition) is 2. The van der Waals surface area contributed by atoms with Crippen molar-refractivity contribution in [3.8, 4) is 22.9 Å². The SMILES string of the molecule is CCNc1cc(C)nc(-c2cc(Br)c(O)c(OC)c2)n1. The predicted molar refractivity (Wildman–Crippen MR) is 82.3 cm³/mol. The van der Waals surface area contributed by atoms with Gasteiger partial charge in [-0.05, 0) is 41.9 Å². The smallest absolute Gasteiger partial charge is 0.172 e. The van der Waals surface area contributed by atoms with Gasteiger partial charge in [0.2, 0.25) is 0 Å². The summed E-state index contributed by atoms with van der Waals surface area (Å²) in [6, 6.07) is 5.37. The van der Waals surface area contributed by atoms with Gasteiger partial charge in [0.25, 0.3) is 0 Å². The Morgan fingerprint density at radius 3 is 2.70 bits per heavy atom. The van der Waals surface area contributed by atoms with Crippen LogP contribution in [0.4, 0.5) is 5.82 Å². The van der Waals surface area contributed by atoms with Crippen LogP contribution in [0.1, 0.15) is 12.6 Å². The minimum atomic E-state index is 0.0656. The van der Waals surface area contributed by atoms with E-state index >= 15 is 0 Å². The number of anilines is 1. The Labute approximate surface area is 126 Å². The summed E-state index contributed by atoms with van der Waals surface area (Å²) in [5.41, 5.74) is 1.64. The Kier molecular flexibility index (Phi) is 4.44. The molecule has 0 bridgehead atoms. The summed E-state index contributed by atoms with van der Waals surface area (Å²) in [5, 5.41) is 13.0. The Morgan fingerprint density at radius 2 is 2.05 bits per heavy atom. The molecule has 0 aliphatic rings. The van der Waals surface area contributed by atoms with Gasteiger partial charge in [-0.15, -0.1) is 0 Å². The predicted octanol–water partition coefficient (Wildman–Crippen LogP) is 3.36. The van der Waals surface area contributed by atoms with E-state index in [1.807, 2.05) is 19.9 Å². The molecule has 2 N–H and O–H groups in total. The third kappa shape index (κ3) is 3.01. The van der Waals surface area contributed by atoms with Gasteiger partial charge in [0.1, 0.15) is 5.82 Å². The summed E-state index contributed by atoms with van der Waals surface area (Å²) in [6.45, 7) is 4.72. The molecule has 0 radical (unpaired) electrons. The molecule has 1 aromatic heterocycles. The van der Waals surface area contributed by atoms with Gasteiger partial charge in [0.15, 0.2) is 17.3 Å². The second-order valence-electron chi connectivity index (χ2n) is 4.26. The van der Waals surface area contributed by atoms with Crippen LogP contribution in [0.15, 0.2) is 22.7 Å².